The van der Waals surface area contributed by atoms with Crippen LogP contribution in [0.4, 0.5) is 0 Å². The number of nitrogens with two attached hydrogens (primary N) is 1. The minimum atomic E-state index is -0.592. The van der Waals surface area contributed by atoms with Crippen molar-refractivity contribution in [1.82, 2.24) is 0 Å². The van der Waals surface area contributed by atoms with Crippen molar-refractivity contribution in [3.05, 3.63) is 29.8 Å². The van der Waals surface area contributed by atoms with Gasteiger partial charge in [0.15, 0.2) is 0 Å². The van der Waals surface area contributed by atoms with E-state index < -0.39 is 6.10 Å². The summed E-state index contributed by atoms with van der Waals surface area (Å²) in [7, 11) is 0. The zero-order valence-electron chi connectivity index (χ0n) is 9.31. The molecule has 0 aromatic heterocycles. The summed E-state index contributed by atoms with van der Waals surface area (Å²) in [5, 5.41) is 9.30. The Labute approximate surface area is 90.9 Å². The van der Waals surface area contributed by atoms with Crippen LogP contribution in [0.5, 0.6) is 5.75 Å². The van der Waals surface area contributed by atoms with Gasteiger partial charge in [-0.2, -0.15) is 0 Å². The van der Waals surface area contributed by atoms with E-state index in [1.807, 2.05) is 24.3 Å². The SMILES string of the molecule is CC(C)c1ccccc1OC[C@H](O)CN. The van der Waals surface area contributed by atoms with Crippen LogP contribution in [-0.4, -0.2) is 24.4 Å². The third-order valence-electron chi connectivity index (χ3n) is 2.24. The lowest BCUT2D eigenvalue weighted by molar-refractivity contribution is 0.113. The minimum absolute atomic E-state index is 0.226. The number of ether oxygens (including phenoxy) is 1. The molecule has 1 aromatic carbocycles. The van der Waals surface area contributed by atoms with E-state index in [0.717, 1.165) is 11.3 Å². The Morgan fingerprint density at radius 1 is 1.33 bits per heavy atom. The predicted octanol–water partition coefficient (Wildman–Crippen LogP) is 1.51. The lowest BCUT2D eigenvalue weighted by Gasteiger charge is -2.15. The lowest BCUT2D eigenvalue weighted by atomic mass is 10.0. The molecule has 0 heterocycles. The molecule has 0 radical (unpaired) electrons. The minimum Gasteiger partial charge on any atom is -0.491 e. The van der Waals surface area contributed by atoms with Crippen molar-refractivity contribution in [2.75, 3.05) is 13.2 Å². The summed E-state index contributed by atoms with van der Waals surface area (Å²) in [4.78, 5) is 0. The van der Waals surface area contributed by atoms with E-state index in [2.05, 4.69) is 13.8 Å². The molecule has 0 saturated heterocycles. The fraction of sp³-hybridized carbons (Fsp3) is 0.500. The van der Waals surface area contributed by atoms with Crippen molar-refractivity contribution in [3.8, 4) is 5.75 Å². The van der Waals surface area contributed by atoms with Gasteiger partial charge in [0.25, 0.3) is 0 Å². The summed E-state index contributed by atoms with van der Waals surface area (Å²) < 4.78 is 5.52. The molecule has 0 amide bonds. The van der Waals surface area contributed by atoms with E-state index in [0.29, 0.717) is 5.92 Å². The molecule has 0 fully saturated rings. The van der Waals surface area contributed by atoms with Gasteiger partial charge in [0.1, 0.15) is 18.5 Å². The van der Waals surface area contributed by atoms with Crippen LogP contribution < -0.4 is 10.5 Å². The van der Waals surface area contributed by atoms with Crippen molar-refractivity contribution in [3.63, 3.8) is 0 Å². The van der Waals surface area contributed by atoms with Gasteiger partial charge in [-0.1, -0.05) is 32.0 Å². The monoisotopic (exact) mass is 209 g/mol. The molecule has 0 bridgehead atoms. The van der Waals surface area contributed by atoms with Gasteiger partial charge in [-0.25, -0.2) is 0 Å². The highest BCUT2D eigenvalue weighted by Crippen LogP contribution is 2.25. The van der Waals surface area contributed by atoms with Gasteiger partial charge >= 0.3 is 0 Å². The van der Waals surface area contributed by atoms with Crippen molar-refractivity contribution >= 4 is 0 Å². The fourth-order valence-electron chi connectivity index (χ4n) is 1.34. The first kappa shape index (κ1) is 12.0. The van der Waals surface area contributed by atoms with Crippen LogP contribution in [0.1, 0.15) is 25.3 Å². The van der Waals surface area contributed by atoms with Crippen LogP contribution in [0, 0.1) is 0 Å². The third kappa shape index (κ3) is 3.53. The summed E-state index contributed by atoms with van der Waals surface area (Å²) in [6.45, 7) is 4.70. The number of hydrogen-bond acceptors (Lipinski definition) is 3. The summed E-state index contributed by atoms with van der Waals surface area (Å²) in [5.74, 6) is 1.25. The van der Waals surface area contributed by atoms with E-state index in [9.17, 15) is 5.11 Å². The molecule has 0 unspecified atom stereocenters. The van der Waals surface area contributed by atoms with E-state index in [1.165, 1.54) is 0 Å². The molecule has 15 heavy (non-hydrogen) atoms. The number of rotatable bonds is 5. The Hall–Kier alpha value is -1.06. The second-order valence-electron chi connectivity index (χ2n) is 3.89. The maximum atomic E-state index is 9.30. The molecule has 3 N–H and O–H groups in total. The van der Waals surface area contributed by atoms with Gasteiger partial charge < -0.3 is 15.6 Å². The summed E-state index contributed by atoms with van der Waals surface area (Å²) >= 11 is 0. The number of benzene rings is 1. The van der Waals surface area contributed by atoms with Crippen molar-refractivity contribution in [1.29, 1.82) is 0 Å². The normalized spacial score (nSPS) is 12.9. The van der Waals surface area contributed by atoms with Crippen molar-refractivity contribution in [2.24, 2.45) is 5.73 Å². The van der Waals surface area contributed by atoms with Crippen LogP contribution >= 0.6 is 0 Å². The molecule has 1 rings (SSSR count). The topological polar surface area (TPSA) is 55.5 Å². The quantitative estimate of drug-likeness (QED) is 0.772. The number of hydrogen-bond donors (Lipinski definition) is 2. The van der Waals surface area contributed by atoms with Gasteiger partial charge in [-0.3, -0.25) is 0 Å². The van der Waals surface area contributed by atoms with Crippen LogP contribution in [0.3, 0.4) is 0 Å². The van der Waals surface area contributed by atoms with Crippen LogP contribution in [0.15, 0.2) is 24.3 Å². The van der Waals surface area contributed by atoms with Crippen molar-refractivity contribution < 1.29 is 9.84 Å². The maximum Gasteiger partial charge on any atom is 0.122 e. The summed E-state index contributed by atoms with van der Waals surface area (Å²) in [5.41, 5.74) is 6.46. The number of aliphatic hydroxyl groups is 1. The molecule has 0 aliphatic carbocycles. The van der Waals surface area contributed by atoms with Crippen molar-refractivity contribution in [2.45, 2.75) is 25.9 Å². The summed E-state index contributed by atoms with van der Waals surface area (Å²) in [6.07, 6.45) is -0.592. The second kappa shape index (κ2) is 5.73. The molecule has 1 atom stereocenters. The van der Waals surface area contributed by atoms with Gasteiger partial charge in [-0.05, 0) is 17.5 Å². The zero-order valence-corrected chi connectivity index (χ0v) is 9.31. The number of aliphatic hydroxyl groups excluding tert-OH is 1. The fourth-order valence-corrected chi connectivity index (χ4v) is 1.34. The Morgan fingerprint density at radius 3 is 2.60 bits per heavy atom. The predicted molar refractivity (Wildman–Crippen MR) is 61.1 cm³/mol. The van der Waals surface area contributed by atoms with E-state index in [4.69, 9.17) is 10.5 Å². The third-order valence-corrected chi connectivity index (χ3v) is 2.24. The van der Waals surface area contributed by atoms with Gasteiger partial charge in [-0.15, -0.1) is 0 Å². The highest BCUT2D eigenvalue weighted by Gasteiger charge is 2.08. The van der Waals surface area contributed by atoms with E-state index in [-0.39, 0.29) is 13.2 Å². The molecule has 0 saturated carbocycles. The maximum absolute atomic E-state index is 9.30. The Bertz CT molecular complexity index is 299. The largest absolute Gasteiger partial charge is 0.491 e. The first-order valence-corrected chi connectivity index (χ1v) is 5.25. The Morgan fingerprint density at radius 2 is 2.00 bits per heavy atom. The standard InChI is InChI=1S/C12H19NO2/c1-9(2)11-5-3-4-6-12(11)15-8-10(14)7-13/h3-6,9-10,14H,7-8,13H2,1-2H3/t10-/m1/s1. The van der Waals surface area contributed by atoms with Crippen LogP contribution in [0.2, 0.25) is 0 Å². The molecule has 0 aliphatic heterocycles. The Balaban J connectivity index is 2.67. The van der Waals surface area contributed by atoms with E-state index in [1.54, 1.807) is 0 Å². The molecule has 3 nitrogen and oxygen atoms in total. The first-order chi connectivity index (χ1) is 7.15. The smallest absolute Gasteiger partial charge is 0.122 e. The molecule has 1 aromatic rings. The highest BCUT2D eigenvalue weighted by atomic mass is 16.5. The summed E-state index contributed by atoms with van der Waals surface area (Å²) in [6, 6.07) is 7.87. The molecule has 0 aliphatic rings. The molecule has 3 heteroatoms. The molecular formula is C12H19NO2. The van der Waals surface area contributed by atoms with Gasteiger partial charge in [0, 0.05) is 6.54 Å². The van der Waals surface area contributed by atoms with Gasteiger partial charge in [0.05, 0.1) is 0 Å². The average molecular weight is 209 g/mol. The lowest BCUT2D eigenvalue weighted by Crippen LogP contribution is -2.26. The van der Waals surface area contributed by atoms with E-state index >= 15 is 0 Å². The first-order valence-electron chi connectivity index (χ1n) is 5.25. The second-order valence-corrected chi connectivity index (χ2v) is 3.89. The zero-order chi connectivity index (χ0) is 11.3. The van der Waals surface area contributed by atoms with Crippen LogP contribution in [-0.2, 0) is 0 Å². The molecular weight excluding hydrogens is 190 g/mol. The van der Waals surface area contributed by atoms with Gasteiger partial charge in [0.2, 0.25) is 0 Å². The number of para-hydroxylation sites is 1. The van der Waals surface area contributed by atoms with Crippen LogP contribution in [0.25, 0.3) is 0 Å². The molecule has 84 valence electrons. The molecule has 0 spiro atoms. The average Bonchev–Trinajstić information content (AvgIpc) is 2.26. The Kier molecular flexibility index (Phi) is 4.59. The highest BCUT2D eigenvalue weighted by molar-refractivity contribution is 5.35.